The van der Waals surface area contributed by atoms with E-state index in [1.165, 1.54) is 12.1 Å². The van der Waals surface area contributed by atoms with E-state index in [0.29, 0.717) is 17.1 Å². The van der Waals surface area contributed by atoms with Crippen LogP contribution in [0.3, 0.4) is 0 Å². The van der Waals surface area contributed by atoms with Crippen molar-refractivity contribution in [3.05, 3.63) is 82.6 Å². The van der Waals surface area contributed by atoms with Crippen LogP contribution in [0.15, 0.2) is 65.1 Å². The molecule has 3 rings (SSSR count). The molecule has 2 aromatic carbocycles. The molecule has 1 heterocycles. The van der Waals surface area contributed by atoms with Crippen LogP contribution in [-0.2, 0) is 22.4 Å². The Balaban J connectivity index is 1.66. The summed E-state index contributed by atoms with van der Waals surface area (Å²) >= 11 is 5.88. The van der Waals surface area contributed by atoms with E-state index in [-0.39, 0.29) is 29.1 Å². The predicted octanol–water partition coefficient (Wildman–Crippen LogP) is 3.67. The second-order valence-electron chi connectivity index (χ2n) is 6.98. The Kier molecular flexibility index (Phi) is 7.07. The molecule has 1 unspecified atom stereocenters. The van der Waals surface area contributed by atoms with E-state index in [0.717, 1.165) is 5.56 Å². The first-order chi connectivity index (χ1) is 15.2. The maximum atomic E-state index is 12.4. The number of carboxylic acid groups (broad SMARTS) is 2. The van der Waals surface area contributed by atoms with E-state index in [2.05, 4.69) is 5.32 Å². The summed E-state index contributed by atoms with van der Waals surface area (Å²) in [5.74, 6) is -2.55. The van der Waals surface area contributed by atoms with Crippen molar-refractivity contribution in [1.29, 1.82) is 5.41 Å². The fraction of sp³-hybridized carbons (Fsp3) is 0.130. The molecular formula is C23H19ClN2O6. The lowest BCUT2D eigenvalue weighted by atomic mass is 10.1. The van der Waals surface area contributed by atoms with Gasteiger partial charge in [0.1, 0.15) is 23.3 Å². The maximum absolute atomic E-state index is 12.4. The molecule has 9 heteroatoms. The first-order valence-corrected chi connectivity index (χ1v) is 9.89. The monoisotopic (exact) mass is 454 g/mol. The van der Waals surface area contributed by atoms with Gasteiger partial charge in [-0.25, -0.2) is 9.59 Å². The molecule has 0 radical (unpaired) electrons. The zero-order valence-corrected chi connectivity index (χ0v) is 17.4. The van der Waals surface area contributed by atoms with Crippen LogP contribution < -0.4 is 5.32 Å². The van der Waals surface area contributed by atoms with E-state index in [9.17, 15) is 24.6 Å². The van der Waals surface area contributed by atoms with Gasteiger partial charge in [-0.1, -0.05) is 41.9 Å². The number of benzene rings is 2. The highest BCUT2D eigenvalue weighted by molar-refractivity contribution is 6.38. The van der Waals surface area contributed by atoms with Gasteiger partial charge in [0.2, 0.25) is 0 Å². The number of carboxylic acids is 2. The van der Waals surface area contributed by atoms with Crippen molar-refractivity contribution in [3.63, 3.8) is 0 Å². The van der Waals surface area contributed by atoms with E-state index in [1.54, 1.807) is 48.5 Å². The zero-order chi connectivity index (χ0) is 23.3. The standard InChI is InChI=1S/C23H19ClN2O6/c24-17-8-6-14(11-16(17)22(28)29)20-9-7-15(32-20)12-18(25)21(27)26-19(23(30)31)10-13-4-2-1-3-5-13/h1-9,11,19,25H,10,12H2,(H,26,27)(H,28,29)(H,30,31). The van der Waals surface area contributed by atoms with Crippen LogP contribution in [0.1, 0.15) is 21.7 Å². The molecule has 0 spiro atoms. The number of nitrogens with one attached hydrogen (secondary N) is 2. The molecule has 164 valence electrons. The normalized spacial score (nSPS) is 11.5. The number of rotatable bonds is 9. The third-order valence-corrected chi connectivity index (χ3v) is 4.98. The first-order valence-electron chi connectivity index (χ1n) is 9.51. The van der Waals surface area contributed by atoms with Gasteiger partial charge in [-0.05, 0) is 35.9 Å². The zero-order valence-electron chi connectivity index (χ0n) is 16.7. The van der Waals surface area contributed by atoms with Gasteiger partial charge < -0.3 is 19.9 Å². The van der Waals surface area contributed by atoms with Crippen molar-refractivity contribution in [3.8, 4) is 11.3 Å². The number of furan rings is 1. The molecular weight excluding hydrogens is 436 g/mol. The maximum Gasteiger partial charge on any atom is 0.337 e. The summed E-state index contributed by atoms with van der Waals surface area (Å²) in [6.07, 6.45) is -0.0779. The summed E-state index contributed by atoms with van der Waals surface area (Å²) in [4.78, 5) is 35.1. The molecule has 1 amide bonds. The second kappa shape index (κ2) is 9.93. The number of aromatic carboxylic acids is 1. The summed E-state index contributed by atoms with van der Waals surface area (Å²) in [7, 11) is 0. The Morgan fingerprint density at radius 1 is 1.03 bits per heavy atom. The molecule has 0 saturated heterocycles. The summed E-state index contributed by atoms with van der Waals surface area (Å²) in [6, 6.07) is 15.2. The van der Waals surface area contributed by atoms with Crippen molar-refractivity contribution in [1.82, 2.24) is 5.32 Å². The average Bonchev–Trinajstić information content (AvgIpc) is 3.22. The summed E-state index contributed by atoms with van der Waals surface area (Å²) < 4.78 is 5.64. The van der Waals surface area contributed by atoms with Gasteiger partial charge in [0.15, 0.2) is 0 Å². The molecule has 0 bridgehead atoms. The average molecular weight is 455 g/mol. The molecule has 0 aliphatic rings. The van der Waals surface area contributed by atoms with Crippen LogP contribution in [0.4, 0.5) is 0 Å². The first kappa shape index (κ1) is 22.8. The molecule has 4 N–H and O–H groups in total. The second-order valence-corrected chi connectivity index (χ2v) is 7.38. The third kappa shape index (κ3) is 5.61. The van der Waals surface area contributed by atoms with Crippen LogP contribution in [0.25, 0.3) is 11.3 Å². The number of halogens is 1. The van der Waals surface area contributed by atoms with Crippen LogP contribution in [-0.4, -0.2) is 39.8 Å². The Bertz CT molecular complexity index is 1170. The fourth-order valence-corrected chi connectivity index (χ4v) is 3.22. The summed E-state index contributed by atoms with van der Waals surface area (Å²) in [6.45, 7) is 0. The minimum absolute atomic E-state index is 0.0765. The topological polar surface area (TPSA) is 141 Å². The predicted molar refractivity (Wildman–Crippen MR) is 117 cm³/mol. The Morgan fingerprint density at radius 2 is 1.75 bits per heavy atom. The van der Waals surface area contributed by atoms with Gasteiger partial charge in [0, 0.05) is 12.0 Å². The number of carbonyl (C=O) groups is 3. The fourth-order valence-electron chi connectivity index (χ4n) is 3.02. The van der Waals surface area contributed by atoms with Crippen LogP contribution in [0, 0.1) is 5.41 Å². The largest absolute Gasteiger partial charge is 0.480 e. The highest BCUT2D eigenvalue weighted by Gasteiger charge is 2.23. The highest BCUT2D eigenvalue weighted by Crippen LogP contribution is 2.27. The Morgan fingerprint density at radius 3 is 2.41 bits per heavy atom. The van der Waals surface area contributed by atoms with E-state index >= 15 is 0 Å². The van der Waals surface area contributed by atoms with E-state index < -0.39 is 23.9 Å². The van der Waals surface area contributed by atoms with Crippen molar-refractivity contribution in [2.45, 2.75) is 18.9 Å². The molecule has 0 aliphatic heterocycles. The molecule has 8 nitrogen and oxygen atoms in total. The molecule has 3 aromatic rings. The van der Waals surface area contributed by atoms with Crippen LogP contribution in [0.2, 0.25) is 5.02 Å². The van der Waals surface area contributed by atoms with Crippen molar-refractivity contribution in [2.24, 2.45) is 0 Å². The number of hydrogen-bond acceptors (Lipinski definition) is 5. The molecule has 0 fully saturated rings. The smallest absolute Gasteiger partial charge is 0.337 e. The molecule has 0 aliphatic carbocycles. The minimum atomic E-state index is -1.20. The van der Waals surface area contributed by atoms with Gasteiger partial charge in [-0.3, -0.25) is 10.2 Å². The molecule has 1 aromatic heterocycles. The van der Waals surface area contributed by atoms with Crippen molar-refractivity contribution >= 4 is 35.2 Å². The van der Waals surface area contributed by atoms with Crippen molar-refractivity contribution < 1.29 is 29.0 Å². The van der Waals surface area contributed by atoms with Gasteiger partial charge in [0.25, 0.3) is 5.91 Å². The van der Waals surface area contributed by atoms with Crippen LogP contribution >= 0.6 is 11.6 Å². The van der Waals surface area contributed by atoms with Gasteiger partial charge in [-0.2, -0.15) is 0 Å². The number of hydrogen-bond donors (Lipinski definition) is 4. The van der Waals surface area contributed by atoms with Crippen LogP contribution in [0.5, 0.6) is 0 Å². The Labute approximate surface area is 188 Å². The van der Waals surface area contributed by atoms with Gasteiger partial charge in [-0.15, -0.1) is 0 Å². The number of amides is 1. The van der Waals surface area contributed by atoms with Gasteiger partial charge in [0.05, 0.1) is 17.0 Å². The summed E-state index contributed by atoms with van der Waals surface area (Å²) in [5.41, 5.74) is 0.772. The lowest BCUT2D eigenvalue weighted by Crippen LogP contribution is -2.45. The molecule has 32 heavy (non-hydrogen) atoms. The highest BCUT2D eigenvalue weighted by atomic mass is 35.5. The van der Waals surface area contributed by atoms with Gasteiger partial charge >= 0.3 is 11.9 Å². The quantitative estimate of drug-likeness (QED) is 0.363. The molecule has 1 atom stereocenters. The SMILES string of the molecule is N=C(Cc1ccc(-c2ccc(Cl)c(C(=O)O)c2)o1)C(=O)NC(Cc1ccccc1)C(=O)O. The lowest BCUT2D eigenvalue weighted by molar-refractivity contribution is -0.141. The number of carbonyl (C=O) groups excluding carboxylic acids is 1. The van der Waals surface area contributed by atoms with E-state index in [4.69, 9.17) is 21.4 Å². The molecule has 0 saturated carbocycles. The van der Waals surface area contributed by atoms with E-state index in [1.807, 2.05) is 0 Å². The minimum Gasteiger partial charge on any atom is -0.480 e. The Hall–Kier alpha value is -3.91. The number of aliphatic carboxylic acids is 1. The third-order valence-electron chi connectivity index (χ3n) is 4.65. The van der Waals surface area contributed by atoms with Crippen molar-refractivity contribution in [2.75, 3.05) is 0 Å². The summed E-state index contributed by atoms with van der Waals surface area (Å²) in [5, 5.41) is 29.1. The lowest BCUT2D eigenvalue weighted by Gasteiger charge is -2.14.